The van der Waals surface area contributed by atoms with Gasteiger partial charge in [0, 0.05) is 31.0 Å². The van der Waals surface area contributed by atoms with Crippen LogP contribution in [0.25, 0.3) is 0 Å². The van der Waals surface area contributed by atoms with Crippen molar-refractivity contribution in [1.82, 2.24) is 9.55 Å². The van der Waals surface area contributed by atoms with Crippen molar-refractivity contribution in [3.8, 4) is 0 Å². The van der Waals surface area contributed by atoms with Crippen LogP contribution in [0.2, 0.25) is 0 Å². The summed E-state index contributed by atoms with van der Waals surface area (Å²) in [5.74, 6) is 0.415. The number of aromatic nitrogens is 2. The van der Waals surface area contributed by atoms with Gasteiger partial charge in [0.05, 0.1) is 0 Å². The fourth-order valence-electron chi connectivity index (χ4n) is 2.05. The van der Waals surface area contributed by atoms with E-state index in [0.29, 0.717) is 12.4 Å². The summed E-state index contributed by atoms with van der Waals surface area (Å²) >= 11 is 0. The van der Waals surface area contributed by atoms with Crippen molar-refractivity contribution in [3.05, 3.63) is 22.7 Å². The Bertz CT molecular complexity index is 436. The molecule has 5 nitrogen and oxygen atoms in total. The van der Waals surface area contributed by atoms with Crippen molar-refractivity contribution in [3.63, 3.8) is 0 Å². The average molecular weight is 236 g/mol. The monoisotopic (exact) mass is 236 g/mol. The lowest BCUT2D eigenvalue weighted by molar-refractivity contribution is 0.265. The molecule has 0 bridgehead atoms. The summed E-state index contributed by atoms with van der Waals surface area (Å²) < 4.78 is 1.68. The van der Waals surface area contributed by atoms with Crippen LogP contribution in [0.3, 0.4) is 0 Å². The zero-order valence-electron chi connectivity index (χ0n) is 10.3. The van der Waals surface area contributed by atoms with Gasteiger partial charge in [-0.15, -0.1) is 0 Å². The van der Waals surface area contributed by atoms with Crippen LogP contribution in [0, 0.1) is 0 Å². The van der Waals surface area contributed by atoms with E-state index in [0.717, 1.165) is 25.8 Å². The Morgan fingerprint density at radius 1 is 1.59 bits per heavy atom. The second-order valence-corrected chi connectivity index (χ2v) is 4.84. The van der Waals surface area contributed by atoms with Gasteiger partial charge in [-0.05, 0) is 25.7 Å². The fourth-order valence-corrected chi connectivity index (χ4v) is 2.05. The number of hydrogen-bond donors (Lipinski definition) is 2. The molecule has 94 valence electrons. The lowest BCUT2D eigenvalue weighted by atomic mass is 9.78. The summed E-state index contributed by atoms with van der Waals surface area (Å²) in [6.45, 7) is 3.40. The van der Waals surface area contributed by atoms with E-state index in [4.69, 9.17) is 5.73 Å². The van der Waals surface area contributed by atoms with Gasteiger partial charge in [-0.3, -0.25) is 4.79 Å². The van der Waals surface area contributed by atoms with Crippen LogP contribution in [-0.2, 0) is 6.54 Å². The van der Waals surface area contributed by atoms with Gasteiger partial charge in [0.2, 0.25) is 0 Å². The van der Waals surface area contributed by atoms with Crippen LogP contribution in [0.1, 0.15) is 32.6 Å². The number of nitrogens with one attached hydrogen (secondary N) is 1. The van der Waals surface area contributed by atoms with E-state index in [1.54, 1.807) is 17.0 Å². The second-order valence-electron chi connectivity index (χ2n) is 4.84. The van der Waals surface area contributed by atoms with E-state index in [9.17, 15) is 4.79 Å². The van der Waals surface area contributed by atoms with Crippen molar-refractivity contribution in [2.45, 2.75) is 44.7 Å². The third-order valence-electron chi connectivity index (χ3n) is 3.34. The number of nitrogens with zero attached hydrogens (tertiary/aromatic N) is 2. The number of hydrogen-bond acceptors (Lipinski definition) is 4. The molecule has 3 N–H and O–H groups in total. The molecule has 0 aliphatic heterocycles. The quantitative estimate of drug-likeness (QED) is 0.798. The molecule has 1 saturated carbocycles. The van der Waals surface area contributed by atoms with E-state index < -0.39 is 0 Å². The van der Waals surface area contributed by atoms with Crippen LogP contribution in [0.4, 0.5) is 5.82 Å². The Balaban J connectivity index is 2.05. The number of anilines is 1. The molecule has 0 spiro atoms. The summed E-state index contributed by atoms with van der Waals surface area (Å²) in [7, 11) is 0. The van der Waals surface area contributed by atoms with Gasteiger partial charge in [0.15, 0.2) is 5.82 Å². The molecular weight excluding hydrogens is 216 g/mol. The third-order valence-corrected chi connectivity index (χ3v) is 3.34. The van der Waals surface area contributed by atoms with Gasteiger partial charge in [-0.1, -0.05) is 6.92 Å². The maximum Gasteiger partial charge on any atom is 0.293 e. The SMILES string of the molecule is CCCn1ccnc(NCC2(N)CCC2)c1=O. The molecule has 1 fully saturated rings. The van der Waals surface area contributed by atoms with Crippen LogP contribution in [0.15, 0.2) is 17.2 Å². The highest BCUT2D eigenvalue weighted by molar-refractivity contribution is 5.32. The Labute approximate surface area is 101 Å². The predicted octanol–water partition coefficient (Wildman–Crippen LogP) is 0.947. The van der Waals surface area contributed by atoms with Gasteiger partial charge in [0.1, 0.15) is 0 Å². The molecule has 1 heterocycles. The average Bonchev–Trinajstić information content (AvgIpc) is 2.28. The van der Waals surface area contributed by atoms with Crippen molar-refractivity contribution < 1.29 is 0 Å². The van der Waals surface area contributed by atoms with Crippen LogP contribution in [0.5, 0.6) is 0 Å². The largest absolute Gasteiger partial charge is 0.364 e. The Morgan fingerprint density at radius 3 is 2.94 bits per heavy atom. The molecule has 2 rings (SSSR count). The highest BCUT2D eigenvalue weighted by atomic mass is 16.1. The van der Waals surface area contributed by atoms with Gasteiger partial charge in [-0.25, -0.2) is 4.98 Å². The zero-order valence-corrected chi connectivity index (χ0v) is 10.3. The maximum atomic E-state index is 12.0. The second kappa shape index (κ2) is 4.87. The minimum Gasteiger partial charge on any atom is -0.364 e. The standard InChI is InChI=1S/C12H20N4O/c1-2-7-16-8-6-14-10(11(16)17)15-9-12(13)4-3-5-12/h6,8H,2-5,7,9,13H2,1H3,(H,14,15). The Hall–Kier alpha value is -1.36. The first-order chi connectivity index (χ1) is 8.14. The molecule has 1 aliphatic rings. The fraction of sp³-hybridized carbons (Fsp3) is 0.667. The molecule has 0 radical (unpaired) electrons. The number of aryl methyl sites for hydroxylation is 1. The summed E-state index contributed by atoms with van der Waals surface area (Å²) in [5, 5.41) is 3.08. The molecule has 0 unspecified atom stereocenters. The van der Waals surface area contributed by atoms with Gasteiger partial charge >= 0.3 is 0 Å². The molecule has 1 aromatic heterocycles. The third kappa shape index (κ3) is 2.66. The van der Waals surface area contributed by atoms with Crippen molar-refractivity contribution >= 4 is 5.82 Å². The van der Waals surface area contributed by atoms with Gasteiger partial charge < -0.3 is 15.6 Å². The summed E-state index contributed by atoms with van der Waals surface area (Å²) in [5.41, 5.74) is 5.90. The lowest BCUT2D eigenvalue weighted by Gasteiger charge is -2.38. The molecule has 0 saturated heterocycles. The van der Waals surface area contributed by atoms with Crippen molar-refractivity contribution in [2.75, 3.05) is 11.9 Å². The zero-order chi connectivity index (χ0) is 12.3. The summed E-state index contributed by atoms with van der Waals surface area (Å²) in [4.78, 5) is 16.1. The molecule has 0 atom stereocenters. The normalized spacial score (nSPS) is 17.5. The molecule has 0 aromatic carbocycles. The smallest absolute Gasteiger partial charge is 0.293 e. The van der Waals surface area contributed by atoms with Crippen molar-refractivity contribution in [2.24, 2.45) is 5.73 Å². The number of nitrogens with two attached hydrogens (primary N) is 1. The van der Waals surface area contributed by atoms with Crippen LogP contribution < -0.4 is 16.6 Å². The first-order valence-corrected chi connectivity index (χ1v) is 6.23. The molecule has 17 heavy (non-hydrogen) atoms. The minimum absolute atomic E-state index is 0.0581. The molecule has 1 aliphatic carbocycles. The molecular formula is C12H20N4O. The predicted molar refractivity (Wildman–Crippen MR) is 68.0 cm³/mol. The van der Waals surface area contributed by atoms with Crippen molar-refractivity contribution in [1.29, 1.82) is 0 Å². The highest BCUT2D eigenvalue weighted by Gasteiger charge is 2.32. The first-order valence-electron chi connectivity index (χ1n) is 6.23. The minimum atomic E-state index is -0.139. The van der Waals surface area contributed by atoms with Crippen LogP contribution in [-0.4, -0.2) is 21.6 Å². The summed E-state index contributed by atoms with van der Waals surface area (Å²) in [6, 6.07) is 0. The van der Waals surface area contributed by atoms with E-state index in [-0.39, 0.29) is 11.1 Å². The van der Waals surface area contributed by atoms with E-state index in [1.165, 1.54) is 6.42 Å². The van der Waals surface area contributed by atoms with E-state index in [1.807, 2.05) is 6.92 Å². The molecule has 5 heteroatoms. The van der Waals surface area contributed by atoms with Gasteiger partial charge in [-0.2, -0.15) is 0 Å². The first kappa shape index (κ1) is 12.1. The lowest BCUT2D eigenvalue weighted by Crippen LogP contribution is -2.52. The Kier molecular flexibility index (Phi) is 3.47. The van der Waals surface area contributed by atoms with E-state index >= 15 is 0 Å². The van der Waals surface area contributed by atoms with E-state index in [2.05, 4.69) is 10.3 Å². The molecule has 1 aromatic rings. The molecule has 0 amide bonds. The highest BCUT2D eigenvalue weighted by Crippen LogP contribution is 2.28. The number of rotatable bonds is 5. The maximum absolute atomic E-state index is 12.0. The topological polar surface area (TPSA) is 72.9 Å². The van der Waals surface area contributed by atoms with Gasteiger partial charge in [0.25, 0.3) is 5.56 Å². The Morgan fingerprint density at radius 2 is 2.35 bits per heavy atom. The summed E-state index contributed by atoms with van der Waals surface area (Å²) in [6.07, 6.45) is 7.54. The van der Waals surface area contributed by atoms with Crippen LogP contribution >= 0.6 is 0 Å².